The summed E-state index contributed by atoms with van der Waals surface area (Å²) >= 11 is 1.45. The molecule has 5 nitrogen and oxygen atoms in total. The fourth-order valence-electron chi connectivity index (χ4n) is 1.74. The van der Waals surface area contributed by atoms with Crippen LogP contribution in [0.15, 0.2) is 29.3 Å². The Hall–Kier alpha value is -1.75. The molecule has 0 atom stereocenters. The summed E-state index contributed by atoms with van der Waals surface area (Å²) in [6.45, 7) is 3.75. The first-order valence-corrected chi connectivity index (χ1v) is 8.14. The van der Waals surface area contributed by atoms with Gasteiger partial charge >= 0.3 is 0 Å². The number of nitriles is 1. The van der Waals surface area contributed by atoms with Gasteiger partial charge in [0.2, 0.25) is 10.0 Å². The summed E-state index contributed by atoms with van der Waals surface area (Å²) in [4.78, 5) is 5.33. The Balaban J connectivity index is 2.20. The van der Waals surface area contributed by atoms with Crippen LogP contribution in [0.25, 0.3) is 0 Å². The van der Waals surface area contributed by atoms with E-state index in [1.54, 1.807) is 19.2 Å². The predicted octanol–water partition coefficient (Wildman–Crippen LogP) is 2.11. The molecule has 104 valence electrons. The molecule has 7 heteroatoms. The van der Waals surface area contributed by atoms with Crippen molar-refractivity contribution in [1.82, 2.24) is 9.71 Å². The highest BCUT2D eigenvalue weighted by Gasteiger charge is 2.17. The number of rotatable bonds is 4. The predicted molar refractivity (Wildman–Crippen MR) is 76.8 cm³/mol. The third kappa shape index (κ3) is 3.22. The van der Waals surface area contributed by atoms with Gasteiger partial charge in [0.1, 0.15) is 5.01 Å². The average Bonchev–Trinajstić information content (AvgIpc) is 2.82. The molecule has 1 aromatic carbocycles. The van der Waals surface area contributed by atoms with Gasteiger partial charge in [0, 0.05) is 11.1 Å². The van der Waals surface area contributed by atoms with E-state index in [9.17, 15) is 8.42 Å². The van der Waals surface area contributed by atoms with E-state index in [-0.39, 0.29) is 11.4 Å². The number of thiazole rings is 1. The molecule has 0 spiro atoms. The summed E-state index contributed by atoms with van der Waals surface area (Å²) in [5, 5.41) is 9.51. The third-order valence-electron chi connectivity index (χ3n) is 2.68. The fourth-order valence-corrected chi connectivity index (χ4v) is 3.77. The Morgan fingerprint density at radius 3 is 2.70 bits per heavy atom. The first kappa shape index (κ1) is 14.7. The molecule has 0 saturated heterocycles. The zero-order valence-electron chi connectivity index (χ0n) is 11.0. The Bertz CT molecular complexity index is 773. The topological polar surface area (TPSA) is 82.8 Å². The standard InChI is InChI=1S/C13H13N3O2S2/c1-9-5-11(6-14)3-4-12(9)20(17,18)16-8-13-15-7-10(2)19-13/h3-5,7,16H,8H2,1-2H3. The van der Waals surface area contributed by atoms with Gasteiger partial charge in [-0.15, -0.1) is 11.3 Å². The van der Waals surface area contributed by atoms with Crippen LogP contribution >= 0.6 is 11.3 Å². The Kier molecular flexibility index (Phi) is 4.18. The Morgan fingerprint density at radius 2 is 2.15 bits per heavy atom. The minimum absolute atomic E-state index is 0.167. The Labute approximate surface area is 122 Å². The molecule has 0 aliphatic carbocycles. The van der Waals surface area contributed by atoms with Crippen LogP contribution in [-0.2, 0) is 16.6 Å². The van der Waals surface area contributed by atoms with E-state index >= 15 is 0 Å². The number of nitrogens with zero attached hydrogens (tertiary/aromatic N) is 2. The first-order chi connectivity index (χ1) is 9.42. The van der Waals surface area contributed by atoms with Gasteiger partial charge in [-0.1, -0.05) is 0 Å². The first-order valence-electron chi connectivity index (χ1n) is 5.84. The van der Waals surface area contributed by atoms with Gasteiger partial charge in [0.05, 0.1) is 23.1 Å². The number of sulfonamides is 1. The second-order valence-corrected chi connectivity index (χ2v) is 7.34. The van der Waals surface area contributed by atoms with Crippen molar-refractivity contribution in [2.75, 3.05) is 0 Å². The summed E-state index contributed by atoms with van der Waals surface area (Å²) in [6, 6.07) is 6.48. The van der Waals surface area contributed by atoms with Crippen LogP contribution < -0.4 is 4.72 Å². The van der Waals surface area contributed by atoms with Crippen LogP contribution in [-0.4, -0.2) is 13.4 Å². The number of hydrogen-bond donors (Lipinski definition) is 1. The van der Waals surface area contributed by atoms with E-state index in [0.29, 0.717) is 11.1 Å². The molecular formula is C13H13N3O2S2. The molecule has 0 saturated carbocycles. The van der Waals surface area contributed by atoms with Crippen molar-refractivity contribution in [3.63, 3.8) is 0 Å². The normalized spacial score (nSPS) is 11.2. The fraction of sp³-hybridized carbons (Fsp3) is 0.231. The maximum absolute atomic E-state index is 12.2. The molecule has 20 heavy (non-hydrogen) atoms. The largest absolute Gasteiger partial charge is 0.248 e. The van der Waals surface area contributed by atoms with E-state index in [2.05, 4.69) is 9.71 Å². The van der Waals surface area contributed by atoms with E-state index in [4.69, 9.17) is 5.26 Å². The second kappa shape index (κ2) is 5.71. The van der Waals surface area contributed by atoms with E-state index in [0.717, 1.165) is 9.88 Å². The molecule has 0 fully saturated rings. The zero-order chi connectivity index (χ0) is 14.8. The lowest BCUT2D eigenvalue weighted by atomic mass is 10.2. The monoisotopic (exact) mass is 307 g/mol. The second-order valence-electron chi connectivity index (χ2n) is 4.28. The highest BCUT2D eigenvalue weighted by atomic mass is 32.2. The number of benzene rings is 1. The molecule has 0 bridgehead atoms. The summed E-state index contributed by atoms with van der Waals surface area (Å²) in [7, 11) is -3.60. The molecule has 1 aromatic heterocycles. The van der Waals surface area contributed by atoms with Gasteiger partial charge in [-0.3, -0.25) is 0 Å². The van der Waals surface area contributed by atoms with Crippen LogP contribution in [0, 0.1) is 25.2 Å². The summed E-state index contributed by atoms with van der Waals surface area (Å²) in [5.41, 5.74) is 0.990. The van der Waals surface area contributed by atoms with Crippen LogP contribution in [0.3, 0.4) is 0 Å². The van der Waals surface area contributed by atoms with Crippen LogP contribution in [0.2, 0.25) is 0 Å². The van der Waals surface area contributed by atoms with Gasteiger partial charge in [0.25, 0.3) is 0 Å². The van der Waals surface area contributed by atoms with Crippen LogP contribution in [0.4, 0.5) is 0 Å². The van der Waals surface area contributed by atoms with Crippen molar-refractivity contribution in [2.45, 2.75) is 25.3 Å². The zero-order valence-corrected chi connectivity index (χ0v) is 12.7. The van der Waals surface area contributed by atoms with E-state index in [1.807, 2.05) is 13.0 Å². The molecule has 2 aromatic rings. The average molecular weight is 307 g/mol. The highest BCUT2D eigenvalue weighted by Crippen LogP contribution is 2.17. The van der Waals surface area contributed by atoms with Gasteiger partial charge in [-0.25, -0.2) is 18.1 Å². The lowest BCUT2D eigenvalue weighted by Gasteiger charge is -2.08. The summed E-state index contributed by atoms with van der Waals surface area (Å²) < 4.78 is 27.0. The van der Waals surface area contributed by atoms with Gasteiger partial charge in [0.15, 0.2) is 0 Å². The lowest BCUT2D eigenvalue weighted by Crippen LogP contribution is -2.24. The molecule has 2 rings (SSSR count). The van der Waals surface area contributed by atoms with E-state index < -0.39 is 10.0 Å². The van der Waals surface area contributed by atoms with Gasteiger partial charge < -0.3 is 0 Å². The maximum Gasteiger partial charge on any atom is 0.241 e. The van der Waals surface area contributed by atoms with Gasteiger partial charge in [-0.05, 0) is 37.6 Å². The number of aryl methyl sites for hydroxylation is 2. The van der Waals surface area contributed by atoms with Crippen LogP contribution in [0.5, 0.6) is 0 Å². The van der Waals surface area contributed by atoms with Gasteiger partial charge in [-0.2, -0.15) is 5.26 Å². The SMILES string of the molecule is Cc1cnc(CNS(=O)(=O)c2ccc(C#N)cc2C)s1. The lowest BCUT2D eigenvalue weighted by molar-refractivity contribution is 0.580. The van der Waals surface area contributed by atoms with Crippen molar-refractivity contribution in [1.29, 1.82) is 5.26 Å². The minimum Gasteiger partial charge on any atom is -0.248 e. The molecule has 1 N–H and O–H groups in total. The molecule has 1 heterocycles. The molecule has 0 amide bonds. The number of nitrogens with one attached hydrogen (secondary N) is 1. The van der Waals surface area contributed by atoms with E-state index in [1.165, 1.54) is 23.5 Å². The number of hydrogen-bond acceptors (Lipinski definition) is 5. The van der Waals surface area contributed by atoms with Crippen molar-refractivity contribution in [3.8, 4) is 6.07 Å². The summed E-state index contributed by atoms with van der Waals surface area (Å²) in [5.74, 6) is 0. The maximum atomic E-state index is 12.2. The van der Waals surface area contributed by atoms with Crippen molar-refractivity contribution < 1.29 is 8.42 Å². The van der Waals surface area contributed by atoms with Crippen LogP contribution in [0.1, 0.15) is 21.0 Å². The molecular weight excluding hydrogens is 294 g/mol. The highest BCUT2D eigenvalue weighted by molar-refractivity contribution is 7.89. The van der Waals surface area contributed by atoms with Crippen molar-refractivity contribution in [3.05, 3.63) is 45.4 Å². The Morgan fingerprint density at radius 1 is 1.40 bits per heavy atom. The molecule has 0 aliphatic heterocycles. The smallest absolute Gasteiger partial charge is 0.241 e. The van der Waals surface area contributed by atoms with Crippen molar-refractivity contribution >= 4 is 21.4 Å². The quantitative estimate of drug-likeness (QED) is 0.937. The molecule has 0 unspecified atom stereocenters. The molecule has 0 aliphatic rings. The third-order valence-corrected chi connectivity index (χ3v) is 5.15. The summed E-state index contributed by atoms with van der Waals surface area (Å²) in [6.07, 6.45) is 1.71. The minimum atomic E-state index is -3.60. The molecule has 0 radical (unpaired) electrons. The van der Waals surface area contributed by atoms with Crippen molar-refractivity contribution in [2.24, 2.45) is 0 Å². The number of aromatic nitrogens is 1.